The number of amides is 2. The monoisotopic (exact) mass is 397 g/mol. The molecule has 126 valence electrons. The molecule has 0 unspecified atom stereocenters. The topological polar surface area (TPSA) is 54.5 Å². The quantitative estimate of drug-likeness (QED) is 0.689. The van der Waals surface area contributed by atoms with Gasteiger partial charge in [-0.2, -0.15) is 0 Å². The second-order valence-corrected chi connectivity index (χ2v) is 8.14. The third kappa shape index (κ3) is 1.96. The number of benzene rings is 2. The Kier molecular flexibility index (Phi) is 3.20. The first-order valence-electron chi connectivity index (χ1n) is 8.65. The fraction of sp³-hybridized carbons (Fsp3) is 0.350. The SMILES string of the molecule is O=C1C[C@H]2CC[C@@H]1[C@H]1C(=O)N(c3ccc(Br)c4ccccc34)C(=O)[C@@H]21. The number of hydrogen-bond donors (Lipinski definition) is 0. The highest BCUT2D eigenvalue weighted by molar-refractivity contribution is 9.10. The highest BCUT2D eigenvalue weighted by Gasteiger charge is 2.61. The predicted octanol–water partition coefficient (Wildman–Crippen LogP) is 3.71. The molecule has 4 aliphatic rings. The molecule has 25 heavy (non-hydrogen) atoms. The van der Waals surface area contributed by atoms with E-state index in [2.05, 4.69) is 15.9 Å². The van der Waals surface area contributed by atoms with Gasteiger partial charge in [0, 0.05) is 22.2 Å². The van der Waals surface area contributed by atoms with Crippen LogP contribution in [0.25, 0.3) is 10.8 Å². The van der Waals surface area contributed by atoms with Gasteiger partial charge in [-0.25, -0.2) is 4.90 Å². The summed E-state index contributed by atoms with van der Waals surface area (Å²) in [5.41, 5.74) is 0.634. The lowest BCUT2D eigenvalue weighted by Crippen LogP contribution is -2.46. The van der Waals surface area contributed by atoms with Crippen LogP contribution in [0, 0.1) is 23.7 Å². The van der Waals surface area contributed by atoms with Gasteiger partial charge in [0.2, 0.25) is 11.8 Å². The third-order valence-corrected chi connectivity index (χ3v) is 6.84. The van der Waals surface area contributed by atoms with Crippen molar-refractivity contribution in [2.45, 2.75) is 19.3 Å². The van der Waals surface area contributed by atoms with Crippen LogP contribution in [0.15, 0.2) is 40.9 Å². The lowest BCUT2D eigenvalue weighted by Gasteiger charge is -2.41. The van der Waals surface area contributed by atoms with E-state index >= 15 is 0 Å². The van der Waals surface area contributed by atoms with Gasteiger partial charge in [-0.1, -0.05) is 40.2 Å². The van der Waals surface area contributed by atoms with Crippen LogP contribution in [0.4, 0.5) is 5.69 Å². The average molecular weight is 398 g/mol. The van der Waals surface area contributed by atoms with Crippen LogP contribution < -0.4 is 4.90 Å². The van der Waals surface area contributed by atoms with E-state index in [9.17, 15) is 14.4 Å². The van der Waals surface area contributed by atoms with Crippen LogP contribution in [0.1, 0.15) is 19.3 Å². The number of carbonyl (C=O) groups excluding carboxylic acids is 3. The molecule has 1 heterocycles. The summed E-state index contributed by atoms with van der Waals surface area (Å²) in [7, 11) is 0. The number of rotatable bonds is 1. The van der Waals surface area contributed by atoms with Gasteiger partial charge in [0.25, 0.3) is 0 Å². The second-order valence-electron chi connectivity index (χ2n) is 7.29. The Labute approximate surface area is 153 Å². The number of halogens is 1. The molecule has 3 aliphatic carbocycles. The zero-order valence-electron chi connectivity index (χ0n) is 13.4. The normalized spacial score (nSPS) is 31.1. The summed E-state index contributed by atoms with van der Waals surface area (Å²) >= 11 is 3.53. The summed E-state index contributed by atoms with van der Waals surface area (Å²) in [6.45, 7) is 0. The Hall–Kier alpha value is -2.01. The maximum absolute atomic E-state index is 13.2. The van der Waals surface area contributed by atoms with Crippen LogP contribution in [-0.4, -0.2) is 17.6 Å². The van der Waals surface area contributed by atoms with Gasteiger partial charge in [0.1, 0.15) is 5.78 Å². The summed E-state index contributed by atoms with van der Waals surface area (Å²) < 4.78 is 0.929. The minimum absolute atomic E-state index is 0.0330. The van der Waals surface area contributed by atoms with E-state index in [0.717, 1.165) is 28.1 Å². The Morgan fingerprint density at radius 1 is 0.880 bits per heavy atom. The Morgan fingerprint density at radius 2 is 1.60 bits per heavy atom. The van der Waals surface area contributed by atoms with Crippen molar-refractivity contribution < 1.29 is 14.4 Å². The van der Waals surface area contributed by atoms with Crippen LogP contribution in [0.3, 0.4) is 0 Å². The van der Waals surface area contributed by atoms with E-state index in [1.807, 2.05) is 36.4 Å². The van der Waals surface area contributed by atoms with Crippen LogP contribution in [0.5, 0.6) is 0 Å². The van der Waals surface area contributed by atoms with Gasteiger partial charge in [-0.3, -0.25) is 14.4 Å². The number of Topliss-reactive ketones (excluding diaryl/α,β-unsaturated/α-hetero) is 1. The molecule has 2 bridgehead atoms. The van der Waals surface area contributed by atoms with Crippen molar-refractivity contribution in [1.82, 2.24) is 0 Å². The van der Waals surface area contributed by atoms with Gasteiger partial charge < -0.3 is 0 Å². The Bertz CT molecular complexity index is 953. The van der Waals surface area contributed by atoms with Crippen LogP contribution >= 0.6 is 15.9 Å². The molecule has 1 saturated heterocycles. The van der Waals surface area contributed by atoms with E-state index in [-0.39, 0.29) is 35.4 Å². The molecule has 1 aliphatic heterocycles. The van der Waals surface area contributed by atoms with Crippen LogP contribution in [0.2, 0.25) is 0 Å². The number of nitrogens with zero attached hydrogens (tertiary/aromatic N) is 1. The standard InChI is InChI=1S/C20H16BrNO3/c21-14-7-8-15(12-4-2-1-3-11(12)14)22-19(24)17-10-5-6-13(16(23)9-10)18(17)20(22)25/h1-4,7-8,10,13,17-18H,5-6,9H2/t10-,13+,17+,18-/m1/s1. The first-order valence-corrected chi connectivity index (χ1v) is 9.45. The maximum atomic E-state index is 13.2. The van der Waals surface area contributed by atoms with Crippen molar-refractivity contribution in [1.29, 1.82) is 0 Å². The fourth-order valence-electron chi connectivity index (χ4n) is 5.06. The van der Waals surface area contributed by atoms with Gasteiger partial charge in [0.15, 0.2) is 0 Å². The molecule has 4 nitrogen and oxygen atoms in total. The minimum Gasteiger partial charge on any atom is -0.299 e. The fourth-order valence-corrected chi connectivity index (χ4v) is 5.54. The minimum atomic E-state index is -0.449. The van der Waals surface area contributed by atoms with Crippen molar-refractivity contribution in [3.8, 4) is 0 Å². The number of anilines is 1. The zero-order valence-corrected chi connectivity index (χ0v) is 15.0. The summed E-state index contributed by atoms with van der Waals surface area (Å²) in [5, 5.41) is 1.84. The largest absolute Gasteiger partial charge is 0.299 e. The molecule has 0 aromatic heterocycles. The van der Waals surface area contributed by atoms with Crippen molar-refractivity contribution in [2.75, 3.05) is 4.90 Å². The summed E-state index contributed by atoms with van der Waals surface area (Å²) in [5.74, 6) is -1.14. The van der Waals surface area contributed by atoms with E-state index in [1.54, 1.807) is 0 Å². The van der Waals surface area contributed by atoms with Crippen molar-refractivity contribution in [3.05, 3.63) is 40.9 Å². The molecule has 4 atom stereocenters. The summed E-state index contributed by atoms with van der Waals surface area (Å²) in [6.07, 6.45) is 2.09. The van der Waals surface area contributed by atoms with Gasteiger partial charge in [-0.05, 0) is 36.3 Å². The van der Waals surface area contributed by atoms with Crippen molar-refractivity contribution >= 4 is 50.0 Å². The highest BCUT2D eigenvalue weighted by atomic mass is 79.9. The lowest BCUT2D eigenvalue weighted by atomic mass is 9.59. The molecule has 3 saturated carbocycles. The van der Waals surface area contributed by atoms with Crippen LogP contribution in [-0.2, 0) is 14.4 Å². The van der Waals surface area contributed by atoms with E-state index in [4.69, 9.17) is 0 Å². The Morgan fingerprint density at radius 3 is 2.36 bits per heavy atom. The first kappa shape index (κ1) is 15.3. The molecule has 0 radical (unpaired) electrons. The van der Waals surface area contributed by atoms with E-state index in [1.165, 1.54) is 4.90 Å². The Balaban J connectivity index is 1.67. The second kappa shape index (κ2) is 5.24. The average Bonchev–Trinajstić information content (AvgIpc) is 2.89. The molecule has 0 spiro atoms. The zero-order chi connectivity index (χ0) is 17.3. The summed E-state index contributed by atoms with van der Waals surface area (Å²) in [6, 6.07) is 11.4. The van der Waals surface area contributed by atoms with E-state index in [0.29, 0.717) is 12.1 Å². The molecule has 2 aromatic carbocycles. The molecule has 5 heteroatoms. The van der Waals surface area contributed by atoms with Crippen molar-refractivity contribution in [2.24, 2.45) is 23.7 Å². The molecule has 2 aromatic rings. The number of ketones is 1. The van der Waals surface area contributed by atoms with E-state index < -0.39 is 5.92 Å². The van der Waals surface area contributed by atoms with Gasteiger partial charge >= 0.3 is 0 Å². The number of imide groups is 1. The number of hydrogen-bond acceptors (Lipinski definition) is 3. The first-order chi connectivity index (χ1) is 12.1. The number of carbonyl (C=O) groups is 3. The van der Waals surface area contributed by atoms with Crippen molar-refractivity contribution in [3.63, 3.8) is 0 Å². The third-order valence-electron chi connectivity index (χ3n) is 6.15. The predicted molar refractivity (Wildman–Crippen MR) is 97.0 cm³/mol. The number of fused-ring (bicyclic) bond motifs is 3. The molecule has 4 fully saturated rings. The highest BCUT2D eigenvalue weighted by Crippen LogP contribution is 2.52. The lowest BCUT2D eigenvalue weighted by molar-refractivity contribution is -0.143. The molecule has 2 amide bonds. The molecular weight excluding hydrogens is 382 g/mol. The van der Waals surface area contributed by atoms with Gasteiger partial charge in [0.05, 0.1) is 17.5 Å². The van der Waals surface area contributed by atoms with Gasteiger partial charge in [-0.15, -0.1) is 0 Å². The molecular formula is C20H16BrNO3. The smallest absolute Gasteiger partial charge is 0.238 e. The molecule has 6 rings (SSSR count). The maximum Gasteiger partial charge on any atom is 0.238 e. The molecule has 0 N–H and O–H groups in total. The summed E-state index contributed by atoms with van der Waals surface area (Å²) in [4.78, 5) is 39.9.